The Labute approximate surface area is 116 Å². The first-order chi connectivity index (χ1) is 9.72. The number of imidazole rings is 1. The lowest BCUT2D eigenvalue weighted by Gasteiger charge is -2.19. The number of hydrogen-bond donors (Lipinski definition) is 4. The highest BCUT2D eigenvalue weighted by Crippen LogP contribution is 2.30. The van der Waals surface area contributed by atoms with Gasteiger partial charge in [0.15, 0.2) is 0 Å². The molecule has 0 aliphatic carbocycles. The molecule has 1 aliphatic rings. The van der Waals surface area contributed by atoms with E-state index < -0.39 is 0 Å². The Balaban J connectivity index is 1.69. The fourth-order valence-electron chi connectivity index (χ4n) is 2.35. The van der Waals surface area contributed by atoms with Gasteiger partial charge in [-0.25, -0.2) is 4.98 Å². The Kier molecular flexibility index (Phi) is 3.28. The summed E-state index contributed by atoms with van der Waals surface area (Å²) in [5.41, 5.74) is 10.6. The molecule has 6 heteroatoms. The van der Waals surface area contributed by atoms with Crippen molar-refractivity contribution in [3.05, 3.63) is 35.9 Å². The number of aromatic nitrogens is 2. The second kappa shape index (κ2) is 5.24. The van der Waals surface area contributed by atoms with Crippen LogP contribution in [0.25, 0.3) is 0 Å². The molecule has 1 aromatic carbocycles. The van der Waals surface area contributed by atoms with Crippen LogP contribution in [0, 0.1) is 0 Å². The summed E-state index contributed by atoms with van der Waals surface area (Å²) in [7, 11) is 0. The normalized spacial score (nSPS) is 13.7. The molecule has 104 valence electrons. The van der Waals surface area contributed by atoms with E-state index in [2.05, 4.69) is 20.6 Å². The molecule has 1 aliphatic heterocycles. The van der Waals surface area contributed by atoms with E-state index >= 15 is 0 Å². The fraction of sp³-hybridized carbons (Fsp3) is 0.286. The Morgan fingerprint density at radius 2 is 2.25 bits per heavy atom. The number of nitrogens with two attached hydrogens (primary N) is 1. The van der Waals surface area contributed by atoms with Gasteiger partial charge < -0.3 is 21.4 Å². The zero-order valence-corrected chi connectivity index (χ0v) is 11.1. The van der Waals surface area contributed by atoms with E-state index in [9.17, 15) is 4.79 Å². The second-order valence-electron chi connectivity index (χ2n) is 4.90. The molecule has 5 N–H and O–H groups in total. The molecule has 20 heavy (non-hydrogen) atoms. The summed E-state index contributed by atoms with van der Waals surface area (Å²) in [4.78, 5) is 18.4. The molecule has 0 unspecified atom stereocenters. The molecule has 1 amide bonds. The maximum atomic E-state index is 11.3. The molecular formula is C14H17N5O. The predicted octanol–water partition coefficient (Wildman–Crippen LogP) is 1.53. The van der Waals surface area contributed by atoms with Crippen LogP contribution in [0.2, 0.25) is 0 Å². The average molecular weight is 271 g/mol. The van der Waals surface area contributed by atoms with Crippen molar-refractivity contribution >= 4 is 23.0 Å². The first kappa shape index (κ1) is 12.5. The largest absolute Gasteiger partial charge is 0.397 e. The van der Waals surface area contributed by atoms with E-state index in [1.54, 1.807) is 6.33 Å². The summed E-state index contributed by atoms with van der Waals surface area (Å²) in [6.07, 6.45) is 5.63. The highest BCUT2D eigenvalue weighted by Gasteiger charge is 2.16. The molecular weight excluding hydrogens is 254 g/mol. The van der Waals surface area contributed by atoms with Crippen molar-refractivity contribution < 1.29 is 4.79 Å². The number of H-pyrrole nitrogens is 1. The molecule has 0 fully saturated rings. The summed E-state index contributed by atoms with van der Waals surface area (Å²) in [6, 6.07) is 3.85. The van der Waals surface area contributed by atoms with Crippen LogP contribution in [-0.4, -0.2) is 22.4 Å². The Bertz CT molecular complexity index is 621. The van der Waals surface area contributed by atoms with Gasteiger partial charge in [-0.15, -0.1) is 0 Å². The first-order valence-corrected chi connectivity index (χ1v) is 6.66. The highest BCUT2D eigenvalue weighted by molar-refractivity contribution is 5.95. The zero-order valence-electron chi connectivity index (χ0n) is 11.1. The lowest BCUT2D eigenvalue weighted by Crippen LogP contribution is -2.19. The molecule has 0 radical (unpaired) electrons. The van der Waals surface area contributed by atoms with E-state index in [-0.39, 0.29) is 5.91 Å². The van der Waals surface area contributed by atoms with E-state index in [4.69, 9.17) is 5.73 Å². The summed E-state index contributed by atoms with van der Waals surface area (Å²) in [5, 5.41) is 6.17. The third kappa shape index (κ3) is 2.59. The number of nitrogens with zero attached hydrogens (tertiary/aromatic N) is 1. The van der Waals surface area contributed by atoms with E-state index in [1.165, 1.54) is 0 Å². The molecule has 6 nitrogen and oxygen atoms in total. The Morgan fingerprint density at radius 1 is 1.35 bits per heavy atom. The van der Waals surface area contributed by atoms with Crippen LogP contribution in [0.1, 0.15) is 17.7 Å². The number of carbonyl (C=O) groups is 1. The molecule has 0 spiro atoms. The van der Waals surface area contributed by atoms with Gasteiger partial charge in [0.2, 0.25) is 5.91 Å². The minimum absolute atomic E-state index is 0.0526. The van der Waals surface area contributed by atoms with Gasteiger partial charge in [-0.1, -0.05) is 0 Å². The number of hydrogen-bond acceptors (Lipinski definition) is 4. The quantitative estimate of drug-likeness (QED) is 0.634. The van der Waals surface area contributed by atoms with Gasteiger partial charge in [-0.3, -0.25) is 4.79 Å². The number of amides is 1. The van der Waals surface area contributed by atoms with Crippen LogP contribution in [-0.2, 0) is 17.6 Å². The number of nitrogens with one attached hydrogen (secondary N) is 3. The van der Waals surface area contributed by atoms with Crippen LogP contribution < -0.4 is 16.4 Å². The van der Waals surface area contributed by atoms with Gasteiger partial charge in [-0.2, -0.15) is 0 Å². The highest BCUT2D eigenvalue weighted by atomic mass is 16.1. The molecule has 3 rings (SSSR count). The van der Waals surface area contributed by atoms with Crippen molar-refractivity contribution in [2.45, 2.75) is 19.3 Å². The summed E-state index contributed by atoms with van der Waals surface area (Å²) >= 11 is 0. The average Bonchev–Trinajstić information content (AvgIpc) is 2.93. The van der Waals surface area contributed by atoms with Gasteiger partial charge in [-0.05, 0) is 24.1 Å². The standard InChI is InChI=1S/C14H17N5O/c15-11-6-12-9(1-2-14(20)19-12)5-13(11)17-4-3-10-7-16-8-18-10/h5-8,17H,1-4,15H2,(H,16,18)(H,19,20). The molecule has 0 bridgehead atoms. The van der Waals surface area contributed by atoms with Crippen LogP contribution in [0.5, 0.6) is 0 Å². The van der Waals surface area contributed by atoms with E-state index in [0.29, 0.717) is 12.1 Å². The summed E-state index contributed by atoms with van der Waals surface area (Å²) in [6.45, 7) is 0.775. The van der Waals surface area contributed by atoms with Crippen molar-refractivity contribution in [2.24, 2.45) is 0 Å². The van der Waals surface area contributed by atoms with Gasteiger partial charge >= 0.3 is 0 Å². The Hall–Kier alpha value is -2.50. The van der Waals surface area contributed by atoms with Gasteiger partial charge in [0, 0.05) is 37.0 Å². The van der Waals surface area contributed by atoms with Crippen LogP contribution in [0.15, 0.2) is 24.7 Å². The number of anilines is 3. The van der Waals surface area contributed by atoms with E-state index in [0.717, 1.165) is 42.0 Å². The van der Waals surface area contributed by atoms with Crippen molar-refractivity contribution in [3.63, 3.8) is 0 Å². The number of aromatic amines is 1. The molecule has 0 saturated heterocycles. The van der Waals surface area contributed by atoms with Crippen LogP contribution >= 0.6 is 0 Å². The predicted molar refractivity (Wildman–Crippen MR) is 78.6 cm³/mol. The third-order valence-corrected chi connectivity index (χ3v) is 3.44. The molecule has 0 saturated carbocycles. The number of nitrogen functional groups attached to an aromatic ring is 1. The number of benzene rings is 1. The fourth-order valence-corrected chi connectivity index (χ4v) is 2.35. The number of fused-ring (bicyclic) bond motifs is 1. The Morgan fingerprint density at radius 3 is 3.05 bits per heavy atom. The third-order valence-electron chi connectivity index (χ3n) is 3.44. The van der Waals surface area contributed by atoms with Crippen LogP contribution in [0.4, 0.5) is 17.1 Å². The SMILES string of the molecule is Nc1cc2c(cc1NCCc1cnc[nH]1)CCC(=O)N2. The van der Waals surface area contributed by atoms with E-state index in [1.807, 2.05) is 18.3 Å². The summed E-state index contributed by atoms with van der Waals surface area (Å²) < 4.78 is 0. The number of aryl methyl sites for hydroxylation is 1. The summed E-state index contributed by atoms with van der Waals surface area (Å²) in [5.74, 6) is 0.0526. The van der Waals surface area contributed by atoms with Gasteiger partial charge in [0.1, 0.15) is 0 Å². The number of carbonyl (C=O) groups excluding carboxylic acids is 1. The molecule has 2 aromatic rings. The maximum absolute atomic E-state index is 11.3. The maximum Gasteiger partial charge on any atom is 0.224 e. The second-order valence-corrected chi connectivity index (χ2v) is 4.90. The van der Waals surface area contributed by atoms with Crippen molar-refractivity contribution in [1.29, 1.82) is 0 Å². The van der Waals surface area contributed by atoms with Gasteiger partial charge in [0.25, 0.3) is 0 Å². The molecule has 2 heterocycles. The monoisotopic (exact) mass is 271 g/mol. The minimum Gasteiger partial charge on any atom is -0.397 e. The topological polar surface area (TPSA) is 95.8 Å². The molecule has 0 atom stereocenters. The first-order valence-electron chi connectivity index (χ1n) is 6.66. The van der Waals surface area contributed by atoms with Gasteiger partial charge in [0.05, 0.1) is 17.7 Å². The lowest BCUT2D eigenvalue weighted by molar-refractivity contribution is -0.116. The number of rotatable bonds is 4. The van der Waals surface area contributed by atoms with Crippen molar-refractivity contribution in [3.8, 4) is 0 Å². The van der Waals surface area contributed by atoms with Crippen LogP contribution in [0.3, 0.4) is 0 Å². The smallest absolute Gasteiger partial charge is 0.224 e. The lowest BCUT2D eigenvalue weighted by atomic mass is 10.0. The van der Waals surface area contributed by atoms with Crippen molar-refractivity contribution in [1.82, 2.24) is 9.97 Å². The zero-order chi connectivity index (χ0) is 13.9. The molecule has 1 aromatic heterocycles. The minimum atomic E-state index is 0.0526. The van der Waals surface area contributed by atoms with Crippen molar-refractivity contribution in [2.75, 3.05) is 22.9 Å².